The molecule has 3 N–H and O–H groups in total. The first-order chi connectivity index (χ1) is 16.3. The van der Waals surface area contributed by atoms with Crippen LogP contribution in [0, 0.1) is 5.92 Å². The molecule has 0 radical (unpaired) electrons. The van der Waals surface area contributed by atoms with E-state index in [1.54, 1.807) is 19.0 Å². The van der Waals surface area contributed by atoms with E-state index in [0.717, 1.165) is 22.3 Å². The number of rotatable bonds is 8. The van der Waals surface area contributed by atoms with Gasteiger partial charge in [-0.05, 0) is 36.3 Å². The Bertz CT molecular complexity index is 1030. The molecule has 3 atom stereocenters. The zero-order valence-corrected chi connectivity index (χ0v) is 19.2. The fourth-order valence-electron chi connectivity index (χ4n) is 4.58. The van der Waals surface area contributed by atoms with Crippen molar-refractivity contribution in [3.8, 4) is 11.1 Å². The maximum absolute atomic E-state index is 12.7. The number of carbonyl (C=O) groups is 3. The van der Waals surface area contributed by atoms with Gasteiger partial charge >= 0.3 is 12.1 Å². The van der Waals surface area contributed by atoms with Gasteiger partial charge in [0.1, 0.15) is 12.6 Å². The first-order valence-corrected chi connectivity index (χ1v) is 11.2. The lowest BCUT2D eigenvalue weighted by molar-refractivity contribution is -0.143. The molecule has 4 rings (SSSR count). The summed E-state index contributed by atoms with van der Waals surface area (Å²) in [6.07, 6.45) is -0.641. The van der Waals surface area contributed by atoms with E-state index in [4.69, 9.17) is 9.47 Å². The first-order valence-electron chi connectivity index (χ1n) is 11.2. The van der Waals surface area contributed by atoms with Crippen molar-refractivity contribution in [2.24, 2.45) is 5.92 Å². The highest BCUT2D eigenvalue weighted by Crippen LogP contribution is 2.44. The van der Waals surface area contributed by atoms with E-state index in [2.05, 4.69) is 22.8 Å². The van der Waals surface area contributed by atoms with Crippen LogP contribution in [0.1, 0.15) is 17.0 Å². The normalized spacial score (nSPS) is 19.9. The summed E-state index contributed by atoms with van der Waals surface area (Å²) < 4.78 is 11.0. The Kier molecular flexibility index (Phi) is 7.14. The summed E-state index contributed by atoms with van der Waals surface area (Å²) in [7, 11) is 3.45. The third-order valence-electron chi connectivity index (χ3n) is 6.23. The quantitative estimate of drug-likeness (QED) is 0.541. The number of amides is 2. The molecule has 180 valence electrons. The van der Waals surface area contributed by atoms with E-state index in [1.807, 2.05) is 36.4 Å². The number of aliphatic carboxylic acids is 1. The fraction of sp³-hybridized carbons (Fsp3) is 0.400. The molecule has 1 fully saturated rings. The molecule has 2 amide bonds. The van der Waals surface area contributed by atoms with Gasteiger partial charge in [0, 0.05) is 12.5 Å². The van der Waals surface area contributed by atoms with Crippen molar-refractivity contribution in [3.05, 3.63) is 59.7 Å². The number of carboxylic acids is 1. The Labute approximate surface area is 198 Å². The van der Waals surface area contributed by atoms with E-state index in [0.29, 0.717) is 0 Å². The molecule has 34 heavy (non-hydrogen) atoms. The highest BCUT2D eigenvalue weighted by molar-refractivity contribution is 5.86. The van der Waals surface area contributed by atoms with Crippen molar-refractivity contribution in [1.29, 1.82) is 0 Å². The predicted molar refractivity (Wildman–Crippen MR) is 124 cm³/mol. The second-order valence-corrected chi connectivity index (χ2v) is 8.88. The van der Waals surface area contributed by atoms with Crippen LogP contribution in [0.5, 0.6) is 0 Å². The summed E-state index contributed by atoms with van der Waals surface area (Å²) in [5.74, 6) is -2.37. The lowest BCUT2D eigenvalue weighted by Crippen LogP contribution is -2.52. The standard InChI is InChI=1S/C25H29N3O6/c1-28(2)11-21(24(30)31)26-23(29)20-12-33-14-22(20)27-25(32)34-13-19-17-9-5-3-7-15(17)16-8-4-6-10-18(16)19/h3-10,19-22H,11-14H2,1-2H3,(H,26,29)(H,27,32)(H,30,31). The molecule has 2 aromatic rings. The predicted octanol–water partition coefficient (Wildman–Crippen LogP) is 1.67. The van der Waals surface area contributed by atoms with Crippen LogP contribution in [-0.4, -0.2) is 80.5 Å². The van der Waals surface area contributed by atoms with Gasteiger partial charge in [-0.25, -0.2) is 9.59 Å². The van der Waals surface area contributed by atoms with Crippen LogP contribution < -0.4 is 10.6 Å². The molecule has 1 saturated heterocycles. The van der Waals surface area contributed by atoms with Crippen LogP contribution in [0.3, 0.4) is 0 Å². The molecular formula is C25H29N3O6. The number of carboxylic acid groups (broad SMARTS) is 1. The second kappa shape index (κ2) is 10.2. The van der Waals surface area contributed by atoms with Crippen molar-refractivity contribution in [1.82, 2.24) is 15.5 Å². The largest absolute Gasteiger partial charge is 0.480 e. The van der Waals surface area contributed by atoms with Crippen molar-refractivity contribution in [2.75, 3.05) is 40.5 Å². The summed E-state index contributed by atoms with van der Waals surface area (Å²) in [6, 6.07) is 14.5. The summed E-state index contributed by atoms with van der Waals surface area (Å²) in [4.78, 5) is 38.5. The van der Waals surface area contributed by atoms with E-state index in [9.17, 15) is 19.5 Å². The van der Waals surface area contributed by atoms with Gasteiger partial charge in [-0.15, -0.1) is 0 Å². The summed E-state index contributed by atoms with van der Waals surface area (Å²) >= 11 is 0. The maximum atomic E-state index is 12.7. The molecule has 2 aromatic carbocycles. The average Bonchev–Trinajstić information content (AvgIpc) is 3.39. The first kappa shape index (κ1) is 23.7. The minimum atomic E-state index is -1.12. The molecular weight excluding hydrogens is 438 g/mol. The molecule has 3 unspecified atom stereocenters. The van der Waals surface area contributed by atoms with Gasteiger partial charge in [0.2, 0.25) is 5.91 Å². The smallest absolute Gasteiger partial charge is 0.407 e. The van der Waals surface area contributed by atoms with E-state index in [-0.39, 0.29) is 32.3 Å². The summed E-state index contributed by atoms with van der Waals surface area (Å²) in [5.41, 5.74) is 4.50. The Hall–Kier alpha value is -3.43. The van der Waals surface area contributed by atoms with Crippen LogP contribution in [0.4, 0.5) is 4.79 Å². The van der Waals surface area contributed by atoms with Gasteiger partial charge in [-0.3, -0.25) is 4.79 Å². The second-order valence-electron chi connectivity index (χ2n) is 8.88. The Morgan fingerprint density at radius 2 is 1.68 bits per heavy atom. The van der Waals surface area contributed by atoms with Gasteiger partial charge in [0.15, 0.2) is 0 Å². The minimum absolute atomic E-state index is 0.0700. The number of fused-ring (bicyclic) bond motifs is 3. The van der Waals surface area contributed by atoms with E-state index >= 15 is 0 Å². The molecule has 0 saturated carbocycles. The lowest BCUT2D eigenvalue weighted by Gasteiger charge is -2.23. The lowest BCUT2D eigenvalue weighted by atomic mass is 9.98. The van der Waals surface area contributed by atoms with Gasteiger partial charge < -0.3 is 30.1 Å². The zero-order chi connectivity index (χ0) is 24.2. The monoisotopic (exact) mass is 467 g/mol. The highest BCUT2D eigenvalue weighted by Gasteiger charge is 2.37. The maximum Gasteiger partial charge on any atom is 0.407 e. The number of carbonyl (C=O) groups excluding carboxylic acids is 2. The molecule has 9 heteroatoms. The number of ether oxygens (including phenoxy) is 2. The third-order valence-corrected chi connectivity index (χ3v) is 6.23. The summed E-state index contributed by atoms with van der Waals surface area (Å²) in [5, 5.41) is 14.6. The third kappa shape index (κ3) is 5.05. The van der Waals surface area contributed by atoms with Crippen molar-refractivity contribution >= 4 is 18.0 Å². The van der Waals surface area contributed by atoms with Gasteiger partial charge in [0.05, 0.1) is 25.2 Å². The van der Waals surface area contributed by atoms with Crippen molar-refractivity contribution < 1.29 is 29.0 Å². The number of alkyl carbamates (subject to hydrolysis) is 1. The van der Waals surface area contributed by atoms with Gasteiger partial charge in [0.25, 0.3) is 0 Å². The highest BCUT2D eigenvalue weighted by atomic mass is 16.5. The van der Waals surface area contributed by atoms with Crippen LogP contribution in [-0.2, 0) is 19.1 Å². The van der Waals surface area contributed by atoms with Crippen LogP contribution in [0.25, 0.3) is 11.1 Å². The minimum Gasteiger partial charge on any atom is -0.480 e. The molecule has 0 aromatic heterocycles. The Balaban J connectivity index is 1.36. The molecule has 0 bridgehead atoms. The Morgan fingerprint density at radius 1 is 1.06 bits per heavy atom. The fourth-order valence-corrected chi connectivity index (χ4v) is 4.58. The number of nitrogens with one attached hydrogen (secondary N) is 2. The van der Waals surface area contributed by atoms with Gasteiger partial charge in [-0.2, -0.15) is 0 Å². The average molecular weight is 468 g/mol. The molecule has 2 aliphatic rings. The number of nitrogens with zero attached hydrogens (tertiary/aromatic N) is 1. The zero-order valence-electron chi connectivity index (χ0n) is 19.2. The molecule has 1 aliphatic carbocycles. The topological polar surface area (TPSA) is 117 Å². The van der Waals surface area contributed by atoms with Gasteiger partial charge in [-0.1, -0.05) is 48.5 Å². The Morgan fingerprint density at radius 3 is 2.26 bits per heavy atom. The number of hydrogen-bond acceptors (Lipinski definition) is 6. The molecule has 9 nitrogen and oxygen atoms in total. The van der Waals surface area contributed by atoms with Crippen molar-refractivity contribution in [3.63, 3.8) is 0 Å². The molecule has 0 spiro atoms. The summed E-state index contributed by atoms with van der Waals surface area (Å²) in [6.45, 7) is 0.551. The van der Waals surface area contributed by atoms with E-state index < -0.39 is 36.0 Å². The molecule has 1 aliphatic heterocycles. The number of benzene rings is 2. The number of hydrogen-bond donors (Lipinski definition) is 3. The van der Waals surface area contributed by atoms with E-state index in [1.165, 1.54) is 0 Å². The molecule has 1 heterocycles. The van der Waals surface area contributed by atoms with Crippen LogP contribution in [0.2, 0.25) is 0 Å². The van der Waals surface area contributed by atoms with Crippen molar-refractivity contribution in [2.45, 2.75) is 18.0 Å². The number of likely N-dealkylation sites (N-methyl/N-ethyl adjacent to an activating group) is 1. The van der Waals surface area contributed by atoms with Crippen LogP contribution in [0.15, 0.2) is 48.5 Å². The SMILES string of the molecule is CN(C)CC(NC(=O)C1COCC1NC(=O)OCC1c2ccccc2-c2ccccc21)C(=O)O. The van der Waals surface area contributed by atoms with Crippen LogP contribution >= 0.6 is 0 Å².